The van der Waals surface area contributed by atoms with E-state index in [0.717, 1.165) is 135 Å². The van der Waals surface area contributed by atoms with Crippen LogP contribution in [0.2, 0.25) is 0 Å². The van der Waals surface area contributed by atoms with Gasteiger partial charge in [-0.05, 0) is 128 Å². The summed E-state index contributed by atoms with van der Waals surface area (Å²) >= 11 is 0. The van der Waals surface area contributed by atoms with Crippen LogP contribution >= 0.6 is 0 Å². The van der Waals surface area contributed by atoms with E-state index in [0.29, 0.717) is 12.8 Å². The number of hydrogen-bond acceptors (Lipinski definition) is 8. The summed E-state index contributed by atoms with van der Waals surface area (Å²) in [6.45, 7) is 3.64. The largest absolute Gasteiger partial charge is 0.394 e. The summed E-state index contributed by atoms with van der Waals surface area (Å²) in [5.74, 6) is -0.215. The molecule has 0 saturated carbocycles. The number of amides is 1. The smallest absolute Gasteiger partial charge is 0.220 e. The molecular weight excluding hydrogens is 1090 g/mol. The minimum atomic E-state index is -1.59. The third kappa shape index (κ3) is 53.4. The highest BCUT2D eigenvalue weighted by Crippen LogP contribution is 2.23. The maximum Gasteiger partial charge on any atom is 0.220 e. The van der Waals surface area contributed by atoms with Crippen LogP contribution in [0.3, 0.4) is 0 Å². The third-order valence-corrected chi connectivity index (χ3v) is 15.5. The molecule has 1 heterocycles. The summed E-state index contributed by atoms with van der Waals surface area (Å²) in [7, 11) is 0. The van der Waals surface area contributed by atoms with Gasteiger partial charge in [0.15, 0.2) is 6.29 Å². The quantitative estimate of drug-likeness (QED) is 0.0261. The summed E-state index contributed by atoms with van der Waals surface area (Å²) in [4.78, 5) is 13.1. The first-order valence-corrected chi connectivity index (χ1v) is 35.4. The van der Waals surface area contributed by atoms with Crippen molar-refractivity contribution in [1.82, 2.24) is 5.32 Å². The first kappa shape index (κ1) is 81.6. The van der Waals surface area contributed by atoms with Gasteiger partial charge in [-0.3, -0.25) is 4.79 Å². The Morgan fingerprint density at radius 1 is 0.398 bits per heavy atom. The molecule has 1 fully saturated rings. The standard InChI is InChI=1S/C79H129NO8/c1-3-5-7-9-11-13-15-17-19-21-23-25-27-29-31-32-33-34-35-36-37-38-39-40-41-42-43-45-47-49-51-53-55-57-59-61-63-65-67-69-75(83)80-72(71-87-79-78(86)77(85)76(84)74(70-81)88-79)73(82)68-66-64-62-60-58-56-54-52-50-48-46-44-30-28-26-24-22-20-18-16-14-12-10-8-6-4-2/h5,7,11,13,17,19,23,25,29,31,33-34,36-37,39-40,42-43,47,49-50,52-53,55,58,60,66,68,72-74,76-79,81-82,84-86H,3-4,6,8-10,12,14-16,18,20-22,24,26-28,30,32,35,38,41,44-46,48,51,54,56-57,59,61-65,67,69-71H2,1-2H3,(H,80,83)/b7-5-,13-11-,19-17-,25-23-,31-29-,34-33-,37-36-,40-39-,43-42-,49-47-,52-50+,55-53-,60-58+,68-66+. The molecule has 9 heteroatoms. The third-order valence-electron chi connectivity index (χ3n) is 15.5. The zero-order valence-electron chi connectivity index (χ0n) is 55.7. The Labute approximate surface area is 538 Å². The highest BCUT2D eigenvalue weighted by molar-refractivity contribution is 5.76. The number of allylic oxidation sites excluding steroid dienone is 27. The van der Waals surface area contributed by atoms with Crippen molar-refractivity contribution >= 4 is 5.91 Å². The van der Waals surface area contributed by atoms with Crippen molar-refractivity contribution in [2.45, 2.75) is 307 Å². The van der Waals surface area contributed by atoms with Gasteiger partial charge in [0.25, 0.3) is 0 Å². The summed E-state index contributed by atoms with van der Waals surface area (Å²) in [5, 5.41) is 54.7. The molecule has 9 nitrogen and oxygen atoms in total. The Morgan fingerprint density at radius 3 is 1.09 bits per heavy atom. The number of unbranched alkanes of at least 4 members (excludes halogenated alkanes) is 23. The SMILES string of the molecule is CC/C=C\C/C=C\C/C=C\C/C=C\C/C=C\C/C=C\C/C=C\C/C=C\C/C=C\C/C=C\C/C=C\CCCCCCCC(=O)NC(COC1OC(CO)C(O)C(O)C1O)C(O)/C=C/CC/C=C/CC/C=C/CCCCCCCCCCCCCCCCCC. The van der Waals surface area contributed by atoms with Gasteiger partial charge in [-0.2, -0.15) is 0 Å². The van der Waals surface area contributed by atoms with Crippen LogP contribution in [0.4, 0.5) is 0 Å². The molecule has 0 aromatic heterocycles. The Kier molecular flexibility index (Phi) is 60.7. The average Bonchev–Trinajstić information content (AvgIpc) is 3.65. The molecule has 1 amide bonds. The lowest BCUT2D eigenvalue weighted by atomic mass is 9.99. The fourth-order valence-corrected chi connectivity index (χ4v) is 10.0. The number of nitrogens with one attached hydrogen (secondary N) is 1. The summed E-state index contributed by atoms with van der Waals surface area (Å²) in [6, 6.07) is -0.854. The number of hydrogen-bond donors (Lipinski definition) is 6. The Balaban J connectivity index is 2.22. The normalized spacial score (nSPS) is 19.0. The Morgan fingerprint density at radius 2 is 0.716 bits per heavy atom. The predicted molar refractivity (Wildman–Crippen MR) is 377 cm³/mol. The van der Waals surface area contributed by atoms with Gasteiger partial charge in [-0.25, -0.2) is 0 Å². The van der Waals surface area contributed by atoms with E-state index in [1.807, 2.05) is 6.08 Å². The Bertz CT molecular complexity index is 2000. The van der Waals surface area contributed by atoms with Gasteiger partial charge in [-0.15, -0.1) is 0 Å². The molecule has 7 unspecified atom stereocenters. The predicted octanol–water partition coefficient (Wildman–Crippen LogP) is 19.7. The molecule has 0 aromatic rings. The van der Waals surface area contributed by atoms with Crippen LogP contribution in [0, 0.1) is 0 Å². The minimum absolute atomic E-state index is 0.215. The van der Waals surface area contributed by atoms with Gasteiger partial charge in [-0.1, -0.05) is 300 Å². The molecule has 88 heavy (non-hydrogen) atoms. The van der Waals surface area contributed by atoms with Crippen molar-refractivity contribution in [3.63, 3.8) is 0 Å². The highest BCUT2D eigenvalue weighted by Gasteiger charge is 2.44. The number of carbonyl (C=O) groups is 1. The lowest BCUT2D eigenvalue weighted by molar-refractivity contribution is -0.302. The van der Waals surface area contributed by atoms with Crippen molar-refractivity contribution in [1.29, 1.82) is 0 Å². The minimum Gasteiger partial charge on any atom is -0.394 e. The number of ether oxygens (including phenoxy) is 2. The average molecular weight is 1220 g/mol. The van der Waals surface area contributed by atoms with Gasteiger partial charge in [0, 0.05) is 6.42 Å². The second-order valence-corrected chi connectivity index (χ2v) is 23.6. The fourth-order valence-electron chi connectivity index (χ4n) is 10.0. The number of aliphatic hydroxyl groups is 5. The topological polar surface area (TPSA) is 149 Å². The molecule has 0 radical (unpaired) electrons. The van der Waals surface area contributed by atoms with E-state index in [4.69, 9.17) is 9.47 Å². The van der Waals surface area contributed by atoms with Crippen LogP contribution in [0.15, 0.2) is 170 Å². The molecule has 498 valence electrons. The van der Waals surface area contributed by atoms with E-state index in [1.54, 1.807) is 6.08 Å². The molecule has 7 atom stereocenters. The van der Waals surface area contributed by atoms with Gasteiger partial charge >= 0.3 is 0 Å². The van der Waals surface area contributed by atoms with Crippen molar-refractivity contribution in [3.8, 4) is 0 Å². The monoisotopic (exact) mass is 1220 g/mol. The van der Waals surface area contributed by atoms with Gasteiger partial charge in [0.2, 0.25) is 5.91 Å². The number of rotatable bonds is 59. The Hall–Kier alpha value is -4.45. The second-order valence-electron chi connectivity index (χ2n) is 23.6. The zero-order valence-corrected chi connectivity index (χ0v) is 55.7. The second kappa shape index (κ2) is 65.5. The van der Waals surface area contributed by atoms with Crippen LogP contribution in [0.1, 0.15) is 264 Å². The fraction of sp³-hybridized carbons (Fsp3) is 0.633. The molecule has 0 aliphatic carbocycles. The molecule has 6 N–H and O–H groups in total. The zero-order chi connectivity index (χ0) is 63.5. The van der Waals surface area contributed by atoms with Crippen LogP contribution in [0.5, 0.6) is 0 Å². The molecule has 0 bridgehead atoms. The summed E-state index contributed by atoms with van der Waals surface area (Å²) < 4.78 is 11.3. The van der Waals surface area contributed by atoms with Crippen molar-refractivity contribution < 1.29 is 39.8 Å². The van der Waals surface area contributed by atoms with E-state index in [1.165, 1.54) is 103 Å². The molecule has 1 aliphatic rings. The molecule has 1 saturated heterocycles. The van der Waals surface area contributed by atoms with E-state index in [9.17, 15) is 30.3 Å². The first-order valence-electron chi connectivity index (χ1n) is 35.4. The highest BCUT2D eigenvalue weighted by atomic mass is 16.7. The molecule has 0 aromatic carbocycles. The van der Waals surface area contributed by atoms with Gasteiger partial charge in [0.05, 0.1) is 25.4 Å². The molecule has 1 aliphatic heterocycles. The van der Waals surface area contributed by atoms with E-state index in [2.05, 4.69) is 177 Å². The summed E-state index contributed by atoms with van der Waals surface area (Å²) in [5.41, 5.74) is 0. The lowest BCUT2D eigenvalue weighted by Gasteiger charge is -2.40. The molecule has 0 spiro atoms. The first-order chi connectivity index (χ1) is 43.3. The molecule has 1 rings (SSSR count). The van der Waals surface area contributed by atoms with Crippen LogP contribution < -0.4 is 5.32 Å². The van der Waals surface area contributed by atoms with Crippen molar-refractivity contribution in [2.75, 3.05) is 13.2 Å². The summed E-state index contributed by atoms with van der Waals surface area (Å²) in [6.07, 6.45) is 97.3. The van der Waals surface area contributed by atoms with Crippen molar-refractivity contribution in [3.05, 3.63) is 170 Å². The van der Waals surface area contributed by atoms with Crippen LogP contribution in [0.25, 0.3) is 0 Å². The van der Waals surface area contributed by atoms with Crippen LogP contribution in [-0.4, -0.2) is 87.5 Å². The van der Waals surface area contributed by atoms with E-state index < -0.39 is 49.5 Å². The number of carbonyl (C=O) groups excluding carboxylic acids is 1. The van der Waals surface area contributed by atoms with Crippen LogP contribution in [-0.2, 0) is 14.3 Å². The molecular formula is C79H129NO8. The van der Waals surface area contributed by atoms with Gasteiger partial charge < -0.3 is 40.3 Å². The van der Waals surface area contributed by atoms with E-state index >= 15 is 0 Å². The van der Waals surface area contributed by atoms with Crippen molar-refractivity contribution in [2.24, 2.45) is 0 Å². The number of aliphatic hydroxyl groups excluding tert-OH is 5. The van der Waals surface area contributed by atoms with Gasteiger partial charge in [0.1, 0.15) is 24.4 Å². The lowest BCUT2D eigenvalue weighted by Crippen LogP contribution is -2.60. The maximum atomic E-state index is 13.1. The van der Waals surface area contributed by atoms with E-state index in [-0.39, 0.29) is 12.5 Å². The maximum absolute atomic E-state index is 13.1.